The molecule has 0 saturated carbocycles. The summed E-state index contributed by atoms with van der Waals surface area (Å²) in [7, 11) is 0. The van der Waals surface area contributed by atoms with Crippen molar-refractivity contribution in [1.82, 2.24) is 24.8 Å². The van der Waals surface area contributed by atoms with Gasteiger partial charge in [-0.15, -0.1) is 38.0 Å². The van der Waals surface area contributed by atoms with Gasteiger partial charge in [-0.25, -0.2) is 8.91 Å². The fourth-order valence-corrected chi connectivity index (χ4v) is 4.78. The molecular formula is C16H9FN6S3. The molecule has 0 saturated heterocycles. The molecule has 0 radical (unpaired) electrons. The Morgan fingerprint density at radius 2 is 1.92 bits per heavy atom. The molecule has 4 heterocycles. The number of rotatable bonds is 4. The Bertz CT molecular complexity index is 1170. The highest BCUT2D eigenvalue weighted by Crippen LogP contribution is 2.31. The molecule has 0 atom stereocenters. The normalized spacial score (nSPS) is 11.3. The van der Waals surface area contributed by atoms with E-state index in [-0.39, 0.29) is 5.82 Å². The molecule has 5 rings (SSSR count). The van der Waals surface area contributed by atoms with E-state index >= 15 is 0 Å². The van der Waals surface area contributed by atoms with Crippen molar-refractivity contribution in [1.29, 1.82) is 0 Å². The standard InChI is InChI=1S/C16H9FN6S3/c17-10-5-3-9(4-6-10)11-8-25-16-19-14(22-23(11)16)18-15-21-20-13(26-15)12-2-1-7-24-12/h1-8H,(H,18,21,22). The number of benzene rings is 1. The third-order valence-corrected chi connectivity index (χ3v) is 6.29. The molecule has 0 spiro atoms. The number of anilines is 2. The van der Waals surface area contributed by atoms with Crippen LogP contribution in [0.3, 0.4) is 0 Å². The third kappa shape index (κ3) is 2.77. The molecule has 0 amide bonds. The summed E-state index contributed by atoms with van der Waals surface area (Å²) in [6, 6.07) is 10.3. The molecule has 5 aromatic rings. The van der Waals surface area contributed by atoms with Gasteiger partial charge in [0.25, 0.3) is 0 Å². The third-order valence-electron chi connectivity index (χ3n) is 3.60. The minimum atomic E-state index is -0.265. The predicted molar refractivity (Wildman–Crippen MR) is 103 cm³/mol. The number of fused-ring (bicyclic) bond motifs is 1. The van der Waals surface area contributed by atoms with Crippen molar-refractivity contribution in [2.75, 3.05) is 5.32 Å². The number of hydrogen-bond donors (Lipinski definition) is 1. The second-order valence-electron chi connectivity index (χ2n) is 5.27. The quantitative estimate of drug-likeness (QED) is 0.464. The molecule has 0 aliphatic heterocycles. The lowest BCUT2D eigenvalue weighted by atomic mass is 10.2. The number of halogens is 1. The summed E-state index contributed by atoms with van der Waals surface area (Å²) in [5, 5.41) is 21.4. The van der Waals surface area contributed by atoms with Crippen LogP contribution in [0.2, 0.25) is 0 Å². The summed E-state index contributed by atoms with van der Waals surface area (Å²) < 4.78 is 14.9. The molecule has 1 N–H and O–H groups in total. The molecule has 0 fully saturated rings. The van der Waals surface area contributed by atoms with E-state index in [0.717, 1.165) is 26.1 Å². The van der Waals surface area contributed by atoms with Crippen molar-refractivity contribution in [3.63, 3.8) is 0 Å². The fraction of sp³-hybridized carbons (Fsp3) is 0. The zero-order valence-electron chi connectivity index (χ0n) is 13.0. The summed E-state index contributed by atoms with van der Waals surface area (Å²) in [6.07, 6.45) is 0. The number of thiazole rings is 1. The van der Waals surface area contributed by atoms with E-state index in [9.17, 15) is 4.39 Å². The van der Waals surface area contributed by atoms with Gasteiger partial charge in [0.2, 0.25) is 16.0 Å². The lowest BCUT2D eigenvalue weighted by Crippen LogP contribution is -1.94. The van der Waals surface area contributed by atoms with Crippen molar-refractivity contribution in [2.45, 2.75) is 0 Å². The number of thiophene rings is 1. The molecule has 128 valence electrons. The van der Waals surface area contributed by atoms with Crippen molar-refractivity contribution >= 4 is 50.1 Å². The molecule has 0 aliphatic rings. The van der Waals surface area contributed by atoms with E-state index in [2.05, 4.69) is 25.6 Å². The molecule has 0 bridgehead atoms. The van der Waals surface area contributed by atoms with E-state index in [1.165, 1.54) is 34.8 Å². The van der Waals surface area contributed by atoms with Crippen molar-refractivity contribution in [2.24, 2.45) is 0 Å². The van der Waals surface area contributed by atoms with Gasteiger partial charge in [0, 0.05) is 10.9 Å². The van der Waals surface area contributed by atoms with Crippen molar-refractivity contribution in [3.05, 3.63) is 53.0 Å². The van der Waals surface area contributed by atoms with Crippen molar-refractivity contribution in [3.8, 4) is 21.1 Å². The minimum Gasteiger partial charge on any atom is -0.297 e. The van der Waals surface area contributed by atoms with Crippen LogP contribution in [0.25, 0.3) is 26.1 Å². The first kappa shape index (κ1) is 15.6. The molecule has 0 unspecified atom stereocenters. The topological polar surface area (TPSA) is 68.0 Å². The highest BCUT2D eigenvalue weighted by Gasteiger charge is 2.14. The van der Waals surface area contributed by atoms with Crippen LogP contribution in [-0.2, 0) is 0 Å². The number of hydrogen-bond acceptors (Lipinski definition) is 8. The first-order valence-electron chi connectivity index (χ1n) is 7.51. The second kappa shape index (κ2) is 6.24. The second-order valence-corrected chi connectivity index (χ2v) is 8.03. The number of nitrogens with one attached hydrogen (secondary N) is 1. The summed E-state index contributed by atoms with van der Waals surface area (Å²) in [5.41, 5.74) is 1.74. The SMILES string of the molecule is Fc1ccc(-c2csc3nc(Nc4nnc(-c5cccs5)s4)nn23)cc1. The predicted octanol–water partition coefficient (Wildman–Crippen LogP) is 4.92. The van der Waals surface area contributed by atoms with Gasteiger partial charge in [-0.2, -0.15) is 4.98 Å². The molecular weight excluding hydrogens is 391 g/mol. The van der Waals surface area contributed by atoms with Gasteiger partial charge in [-0.3, -0.25) is 5.32 Å². The molecule has 6 nitrogen and oxygen atoms in total. The minimum absolute atomic E-state index is 0.265. The smallest absolute Gasteiger partial charge is 0.250 e. The Morgan fingerprint density at radius 3 is 2.73 bits per heavy atom. The van der Waals surface area contributed by atoms with Gasteiger partial charge in [0.05, 0.1) is 10.6 Å². The van der Waals surface area contributed by atoms with E-state index < -0.39 is 0 Å². The van der Waals surface area contributed by atoms with Gasteiger partial charge in [0.15, 0.2) is 5.01 Å². The zero-order chi connectivity index (χ0) is 17.5. The van der Waals surface area contributed by atoms with E-state index in [1.807, 2.05) is 22.9 Å². The lowest BCUT2D eigenvalue weighted by Gasteiger charge is -1.98. The zero-order valence-corrected chi connectivity index (χ0v) is 15.4. The van der Waals surface area contributed by atoms with Gasteiger partial charge in [-0.1, -0.05) is 17.4 Å². The Kier molecular flexibility index (Phi) is 3.73. The Balaban J connectivity index is 1.44. The van der Waals surface area contributed by atoms with Crippen LogP contribution in [0.1, 0.15) is 0 Å². The van der Waals surface area contributed by atoms with E-state index in [1.54, 1.807) is 28.0 Å². The van der Waals surface area contributed by atoms with Crippen LogP contribution in [0.5, 0.6) is 0 Å². The van der Waals surface area contributed by atoms with Crippen LogP contribution in [0.4, 0.5) is 15.5 Å². The Morgan fingerprint density at radius 1 is 1.04 bits per heavy atom. The lowest BCUT2D eigenvalue weighted by molar-refractivity contribution is 0.628. The Labute approximate surface area is 158 Å². The van der Waals surface area contributed by atoms with Crippen LogP contribution in [-0.4, -0.2) is 24.8 Å². The first-order valence-corrected chi connectivity index (χ1v) is 10.1. The Hall–Kier alpha value is -2.69. The summed E-state index contributed by atoms with van der Waals surface area (Å²) >= 11 is 4.54. The molecule has 26 heavy (non-hydrogen) atoms. The molecule has 10 heteroatoms. The molecule has 0 aliphatic carbocycles. The average Bonchev–Trinajstić information content (AvgIpc) is 3.40. The largest absolute Gasteiger partial charge is 0.297 e. The van der Waals surface area contributed by atoms with E-state index in [0.29, 0.717) is 11.1 Å². The van der Waals surface area contributed by atoms with Crippen LogP contribution in [0, 0.1) is 5.82 Å². The first-order chi connectivity index (χ1) is 12.8. The van der Waals surface area contributed by atoms with Crippen LogP contribution in [0.15, 0.2) is 47.2 Å². The maximum atomic E-state index is 13.1. The summed E-state index contributed by atoms with van der Waals surface area (Å²) in [6.45, 7) is 0. The molecule has 4 aromatic heterocycles. The summed E-state index contributed by atoms with van der Waals surface area (Å²) in [5.74, 6) is 0.188. The van der Waals surface area contributed by atoms with Crippen LogP contribution >= 0.6 is 34.0 Å². The van der Waals surface area contributed by atoms with Gasteiger partial charge in [0.1, 0.15) is 5.82 Å². The molecule has 1 aromatic carbocycles. The van der Waals surface area contributed by atoms with Crippen LogP contribution < -0.4 is 5.32 Å². The highest BCUT2D eigenvalue weighted by molar-refractivity contribution is 7.23. The maximum absolute atomic E-state index is 13.1. The highest BCUT2D eigenvalue weighted by atomic mass is 32.1. The van der Waals surface area contributed by atoms with E-state index in [4.69, 9.17) is 0 Å². The summed E-state index contributed by atoms with van der Waals surface area (Å²) in [4.78, 5) is 6.29. The fourth-order valence-electron chi connectivity index (χ4n) is 2.42. The number of nitrogens with zero attached hydrogens (tertiary/aromatic N) is 5. The average molecular weight is 400 g/mol. The maximum Gasteiger partial charge on any atom is 0.250 e. The van der Waals surface area contributed by atoms with Gasteiger partial charge < -0.3 is 0 Å². The number of aromatic nitrogens is 5. The van der Waals surface area contributed by atoms with Crippen molar-refractivity contribution < 1.29 is 4.39 Å². The monoisotopic (exact) mass is 400 g/mol. The van der Waals surface area contributed by atoms with Gasteiger partial charge >= 0.3 is 0 Å². The van der Waals surface area contributed by atoms with Gasteiger partial charge in [-0.05, 0) is 35.7 Å².